The molecular formula is C19H31N5O4. The van der Waals surface area contributed by atoms with Crippen LogP contribution in [0.15, 0.2) is 15.4 Å². The summed E-state index contributed by atoms with van der Waals surface area (Å²) < 4.78 is 11.8. The molecule has 0 saturated carbocycles. The third-order valence-electron chi connectivity index (χ3n) is 4.65. The zero-order valence-corrected chi connectivity index (χ0v) is 16.4. The maximum Gasteiger partial charge on any atom is 0.211 e. The number of phenols is 1. The Morgan fingerprint density at radius 1 is 1.36 bits per heavy atom. The molecule has 9 heteroatoms. The van der Waals surface area contributed by atoms with Crippen molar-refractivity contribution in [2.75, 3.05) is 6.61 Å². The van der Waals surface area contributed by atoms with Gasteiger partial charge in [-0.05, 0) is 45.4 Å². The van der Waals surface area contributed by atoms with Crippen LogP contribution < -0.4 is 16.2 Å². The second-order valence-corrected chi connectivity index (χ2v) is 7.45. The fourth-order valence-corrected chi connectivity index (χ4v) is 3.04. The quantitative estimate of drug-likeness (QED) is 0.281. The van der Waals surface area contributed by atoms with Crippen LogP contribution in [0.1, 0.15) is 56.9 Å². The van der Waals surface area contributed by atoms with Gasteiger partial charge in [0.2, 0.25) is 5.96 Å². The molecule has 0 fully saturated rings. The lowest BCUT2D eigenvalue weighted by Gasteiger charge is -2.26. The number of hydrogen-bond donors (Lipinski definition) is 3. The van der Waals surface area contributed by atoms with E-state index in [9.17, 15) is 10.0 Å². The van der Waals surface area contributed by atoms with Gasteiger partial charge >= 0.3 is 0 Å². The van der Waals surface area contributed by atoms with Crippen LogP contribution in [-0.4, -0.2) is 35.2 Å². The van der Waals surface area contributed by atoms with E-state index in [0.29, 0.717) is 30.8 Å². The van der Waals surface area contributed by atoms with Gasteiger partial charge in [-0.3, -0.25) is 0 Å². The zero-order valence-electron chi connectivity index (χ0n) is 16.4. The van der Waals surface area contributed by atoms with Crippen LogP contribution in [0.5, 0.6) is 11.5 Å². The Balaban J connectivity index is 0.00000392. The first-order chi connectivity index (χ1) is 12.5. The molecular weight excluding hydrogens is 362 g/mol. The van der Waals surface area contributed by atoms with Crippen LogP contribution in [0.25, 0.3) is 0 Å². The Morgan fingerprint density at radius 3 is 2.57 bits per heavy atom. The maximum absolute atomic E-state index is 10.7. The first-order valence-corrected chi connectivity index (χ1v) is 8.64. The maximum atomic E-state index is 10.7. The minimum absolute atomic E-state index is 0. The number of benzene rings is 1. The summed E-state index contributed by atoms with van der Waals surface area (Å²) in [6.07, 6.45) is 2.59. The van der Waals surface area contributed by atoms with E-state index in [1.807, 2.05) is 20.8 Å². The number of aromatic hydroxyl groups is 1. The molecule has 28 heavy (non-hydrogen) atoms. The van der Waals surface area contributed by atoms with Gasteiger partial charge in [0, 0.05) is 29.5 Å². The van der Waals surface area contributed by atoms with E-state index in [2.05, 4.69) is 15.4 Å². The van der Waals surface area contributed by atoms with Crippen LogP contribution in [0.3, 0.4) is 0 Å². The molecule has 1 aliphatic rings. The van der Waals surface area contributed by atoms with Crippen molar-refractivity contribution in [1.29, 1.82) is 0 Å². The minimum atomic E-state index is -1.07. The summed E-state index contributed by atoms with van der Waals surface area (Å²) in [6, 6.07) is 0. The average molecular weight is 393 g/mol. The van der Waals surface area contributed by atoms with Crippen LogP contribution in [-0.2, 0) is 11.2 Å². The van der Waals surface area contributed by atoms with Crippen molar-refractivity contribution >= 4 is 12.2 Å². The molecule has 1 aromatic rings. The molecule has 0 radical (unpaired) electrons. The summed E-state index contributed by atoms with van der Waals surface area (Å²) in [4.78, 5) is 10.7. The number of hydrogen-bond acceptors (Lipinski definition) is 7. The lowest BCUT2D eigenvalue weighted by molar-refractivity contribution is -0.0357. The van der Waals surface area contributed by atoms with Crippen LogP contribution in [0.2, 0.25) is 0 Å². The largest absolute Gasteiger partial charge is 0.507 e. The van der Waals surface area contributed by atoms with Gasteiger partial charge < -0.3 is 26.0 Å². The molecule has 0 amide bonds. The molecule has 0 saturated heterocycles. The summed E-state index contributed by atoms with van der Waals surface area (Å²) >= 11 is 0. The predicted octanol–water partition coefficient (Wildman–Crippen LogP) is 2.86. The van der Waals surface area contributed by atoms with Crippen molar-refractivity contribution in [2.24, 2.45) is 26.8 Å². The van der Waals surface area contributed by atoms with Gasteiger partial charge in [0.05, 0.1) is 12.8 Å². The Morgan fingerprint density at radius 2 is 2.00 bits per heavy atom. The van der Waals surface area contributed by atoms with E-state index in [4.69, 9.17) is 20.9 Å². The number of phenolic OH excluding ortho intramolecular Hbond substituents is 1. The molecule has 1 heterocycles. The molecule has 1 unspecified atom stereocenters. The summed E-state index contributed by atoms with van der Waals surface area (Å²) in [5.74, 6) is 0.667. The molecule has 5 N–H and O–H groups in total. The standard InChI is InChI=1S/C18H27N5O4.CH4/c1-10-12-8-18(5,6-7-26-17(3,4)23-25)27-15(12)11(2)13(14(10)24)9-21-22-16(19)20;/h9,24H,6-8H2,1-5H3,(H4,19,20,22);1H4/b21-9+;. The van der Waals surface area contributed by atoms with E-state index in [1.54, 1.807) is 13.8 Å². The zero-order chi connectivity index (χ0) is 20.4. The van der Waals surface area contributed by atoms with Crippen molar-refractivity contribution in [2.45, 2.75) is 66.2 Å². The van der Waals surface area contributed by atoms with E-state index >= 15 is 0 Å². The summed E-state index contributed by atoms with van der Waals surface area (Å²) in [5.41, 5.74) is 11.9. The van der Waals surface area contributed by atoms with Crippen molar-refractivity contribution in [3.63, 3.8) is 0 Å². The number of fused-ring (bicyclic) bond motifs is 1. The highest BCUT2D eigenvalue weighted by atomic mass is 16.5. The molecule has 0 aliphatic carbocycles. The normalized spacial score (nSPS) is 18.3. The molecule has 0 spiro atoms. The molecule has 0 aromatic heterocycles. The number of rotatable bonds is 7. The first kappa shape index (κ1) is 23.4. The molecule has 9 nitrogen and oxygen atoms in total. The second kappa shape index (κ2) is 8.55. The predicted molar refractivity (Wildman–Crippen MR) is 111 cm³/mol. The summed E-state index contributed by atoms with van der Waals surface area (Å²) in [7, 11) is 0. The SMILES string of the molecule is C.Cc1c(O)c(/C=N/N=C(N)N)c(C)c2c1CC(C)(CCOC(C)(C)N=O)O2. The second-order valence-electron chi connectivity index (χ2n) is 7.45. The number of nitroso groups, excluding NO2 is 1. The highest BCUT2D eigenvalue weighted by Gasteiger charge is 2.38. The molecule has 1 aromatic carbocycles. The Bertz CT molecular complexity index is 800. The number of ether oxygens (including phenoxy) is 2. The van der Waals surface area contributed by atoms with E-state index in [-0.39, 0.29) is 19.1 Å². The van der Waals surface area contributed by atoms with Crippen LogP contribution in [0.4, 0.5) is 0 Å². The van der Waals surface area contributed by atoms with E-state index in [0.717, 1.165) is 16.7 Å². The van der Waals surface area contributed by atoms with Crippen molar-refractivity contribution in [3.8, 4) is 11.5 Å². The Hall–Kier alpha value is -2.68. The van der Waals surface area contributed by atoms with Gasteiger partial charge in [0.15, 0.2) is 5.72 Å². The molecule has 2 rings (SSSR count). The first-order valence-electron chi connectivity index (χ1n) is 8.64. The molecule has 156 valence electrons. The van der Waals surface area contributed by atoms with Gasteiger partial charge in [-0.15, -0.1) is 10.0 Å². The van der Waals surface area contributed by atoms with Gasteiger partial charge in [0.25, 0.3) is 0 Å². The Kier molecular flexibility index (Phi) is 7.14. The van der Waals surface area contributed by atoms with E-state index in [1.165, 1.54) is 6.21 Å². The van der Waals surface area contributed by atoms with Crippen LogP contribution >= 0.6 is 0 Å². The van der Waals surface area contributed by atoms with Gasteiger partial charge in [-0.2, -0.15) is 5.10 Å². The highest BCUT2D eigenvalue weighted by Crippen LogP contribution is 2.45. The fraction of sp³-hybridized carbons (Fsp3) is 0.579. The third kappa shape index (κ3) is 4.98. The number of nitrogens with two attached hydrogens (primary N) is 2. The number of nitrogens with zero attached hydrogens (tertiary/aromatic N) is 3. The van der Waals surface area contributed by atoms with Crippen LogP contribution in [0, 0.1) is 18.8 Å². The molecule has 1 aliphatic heterocycles. The lowest BCUT2D eigenvalue weighted by atomic mass is 9.91. The monoisotopic (exact) mass is 393 g/mol. The molecule has 1 atom stereocenters. The van der Waals surface area contributed by atoms with Gasteiger partial charge in [0.1, 0.15) is 17.1 Å². The topological polar surface area (TPSA) is 145 Å². The third-order valence-corrected chi connectivity index (χ3v) is 4.65. The van der Waals surface area contributed by atoms with Gasteiger partial charge in [-0.1, -0.05) is 7.43 Å². The van der Waals surface area contributed by atoms with E-state index < -0.39 is 11.3 Å². The molecule has 0 bridgehead atoms. The van der Waals surface area contributed by atoms with Crippen molar-refractivity contribution < 1.29 is 14.6 Å². The van der Waals surface area contributed by atoms with Crippen molar-refractivity contribution in [1.82, 2.24) is 0 Å². The average Bonchev–Trinajstić information content (AvgIpc) is 2.94. The minimum Gasteiger partial charge on any atom is -0.507 e. The summed E-state index contributed by atoms with van der Waals surface area (Å²) in [6.45, 7) is 9.20. The Labute approximate surface area is 165 Å². The highest BCUT2D eigenvalue weighted by molar-refractivity contribution is 5.89. The lowest BCUT2D eigenvalue weighted by Crippen LogP contribution is -2.33. The smallest absolute Gasteiger partial charge is 0.211 e. The fourth-order valence-electron chi connectivity index (χ4n) is 3.04. The summed E-state index contributed by atoms with van der Waals surface area (Å²) in [5, 5.41) is 20.9. The van der Waals surface area contributed by atoms with Crippen molar-refractivity contribution in [3.05, 3.63) is 27.2 Å². The number of guanidine groups is 1. The van der Waals surface area contributed by atoms with Gasteiger partial charge in [-0.25, -0.2) is 0 Å².